The number of amides is 1. The SMILES string of the molecule is CC(F)(F)CC(=O)N[C@H]1Cc2cccc(C(=O)OCOC(=O)CC(F)(F)F)c2OB1O. The van der Waals surface area contributed by atoms with Crippen molar-refractivity contribution in [3.05, 3.63) is 29.3 Å². The Morgan fingerprint density at radius 2 is 1.87 bits per heavy atom. The van der Waals surface area contributed by atoms with E-state index in [9.17, 15) is 41.4 Å². The van der Waals surface area contributed by atoms with E-state index in [1.807, 2.05) is 0 Å². The van der Waals surface area contributed by atoms with Crippen molar-refractivity contribution in [2.24, 2.45) is 0 Å². The van der Waals surface area contributed by atoms with Crippen LogP contribution in [-0.2, 0) is 25.5 Å². The van der Waals surface area contributed by atoms with E-state index >= 15 is 0 Å². The van der Waals surface area contributed by atoms with Gasteiger partial charge in [0, 0.05) is 0 Å². The average molecular weight is 453 g/mol. The fourth-order valence-corrected chi connectivity index (χ4v) is 2.69. The first-order valence-corrected chi connectivity index (χ1v) is 8.78. The summed E-state index contributed by atoms with van der Waals surface area (Å²) < 4.78 is 76.1. The molecule has 1 amide bonds. The van der Waals surface area contributed by atoms with Crippen LogP contribution in [0, 0.1) is 0 Å². The van der Waals surface area contributed by atoms with Crippen molar-refractivity contribution < 1.29 is 55.5 Å². The number of carbonyl (C=O) groups excluding carboxylic acids is 3. The predicted octanol–water partition coefficient (Wildman–Crippen LogP) is 1.78. The van der Waals surface area contributed by atoms with E-state index in [1.165, 1.54) is 18.2 Å². The number of fused-ring (bicyclic) bond motifs is 1. The molecule has 0 aromatic heterocycles. The smallest absolute Gasteiger partial charge is 0.534 e. The van der Waals surface area contributed by atoms with Crippen LogP contribution in [0.2, 0.25) is 0 Å². The van der Waals surface area contributed by atoms with Crippen molar-refractivity contribution in [1.82, 2.24) is 5.32 Å². The molecule has 0 bridgehead atoms. The number of rotatable bonds is 7. The predicted molar refractivity (Wildman–Crippen MR) is 93.0 cm³/mol. The van der Waals surface area contributed by atoms with Gasteiger partial charge in [-0.1, -0.05) is 12.1 Å². The fraction of sp³-hybridized carbons (Fsp3) is 0.471. The molecule has 0 saturated heterocycles. The highest BCUT2D eigenvalue weighted by molar-refractivity contribution is 6.47. The summed E-state index contributed by atoms with van der Waals surface area (Å²) in [5.41, 5.74) is 0.0932. The Labute approximate surface area is 172 Å². The van der Waals surface area contributed by atoms with Crippen molar-refractivity contribution >= 4 is 25.0 Å². The van der Waals surface area contributed by atoms with Crippen LogP contribution in [0.15, 0.2) is 18.2 Å². The molecule has 1 aromatic carbocycles. The molecule has 170 valence electrons. The Morgan fingerprint density at radius 1 is 1.19 bits per heavy atom. The van der Waals surface area contributed by atoms with E-state index in [2.05, 4.69) is 14.8 Å². The van der Waals surface area contributed by atoms with Crippen molar-refractivity contribution in [3.63, 3.8) is 0 Å². The number of alkyl halides is 5. The van der Waals surface area contributed by atoms with Crippen LogP contribution in [-0.4, -0.2) is 54.8 Å². The van der Waals surface area contributed by atoms with Crippen LogP contribution in [0.3, 0.4) is 0 Å². The van der Waals surface area contributed by atoms with Gasteiger partial charge in [0.05, 0.1) is 12.4 Å². The number of nitrogens with one attached hydrogen (secondary N) is 1. The van der Waals surface area contributed by atoms with E-state index in [4.69, 9.17) is 4.65 Å². The number of hydrogen-bond donors (Lipinski definition) is 2. The van der Waals surface area contributed by atoms with Crippen LogP contribution in [0.4, 0.5) is 22.0 Å². The molecule has 8 nitrogen and oxygen atoms in total. The quantitative estimate of drug-likeness (QED) is 0.280. The Hall–Kier alpha value is -2.90. The van der Waals surface area contributed by atoms with E-state index in [1.54, 1.807) is 0 Å². The van der Waals surface area contributed by atoms with Gasteiger partial charge in [0.2, 0.25) is 12.7 Å². The lowest BCUT2D eigenvalue weighted by molar-refractivity contribution is -0.177. The zero-order valence-electron chi connectivity index (χ0n) is 16.0. The molecule has 2 rings (SSSR count). The van der Waals surface area contributed by atoms with E-state index in [0.717, 1.165) is 0 Å². The number of benzene rings is 1. The minimum absolute atomic E-state index is 0.0702. The van der Waals surface area contributed by atoms with Gasteiger partial charge in [-0.15, -0.1) is 0 Å². The topological polar surface area (TPSA) is 111 Å². The van der Waals surface area contributed by atoms with Gasteiger partial charge in [-0.2, -0.15) is 13.2 Å². The van der Waals surface area contributed by atoms with Gasteiger partial charge in [0.25, 0.3) is 5.92 Å². The Kier molecular flexibility index (Phi) is 7.47. The highest BCUT2D eigenvalue weighted by Gasteiger charge is 2.39. The molecule has 0 aliphatic carbocycles. The van der Waals surface area contributed by atoms with Crippen LogP contribution in [0.5, 0.6) is 5.75 Å². The van der Waals surface area contributed by atoms with E-state index in [0.29, 0.717) is 12.5 Å². The molecule has 0 unspecified atom stereocenters. The summed E-state index contributed by atoms with van der Waals surface area (Å²) in [4.78, 5) is 34.8. The minimum atomic E-state index is -4.78. The van der Waals surface area contributed by atoms with Gasteiger partial charge in [0.1, 0.15) is 17.7 Å². The Balaban J connectivity index is 2.00. The van der Waals surface area contributed by atoms with Crippen LogP contribution in [0.1, 0.15) is 35.7 Å². The monoisotopic (exact) mass is 453 g/mol. The molecule has 1 aliphatic rings. The summed E-state index contributed by atoms with van der Waals surface area (Å²) in [6, 6.07) is 4.10. The van der Waals surface area contributed by atoms with Gasteiger partial charge in [0.15, 0.2) is 0 Å². The standard InChI is InChI=1S/C17H17BF5NO7/c1-16(19,20)6-12(25)24-11-5-9-3-2-4-10(14(9)31-18(11)28)15(27)30-8-29-13(26)7-17(21,22)23/h2-4,11,28H,5-8H2,1H3,(H,24,25)/t11-/m0/s1. The molecule has 14 heteroatoms. The summed E-state index contributed by atoms with van der Waals surface area (Å²) in [6.07, 6.45) is -7.79. The second kappa shape index (κ2) is 9.50. The van der Waals surface area contributed by atoms with Gasteiger partial charge in [-0.05, 0) is 25.0 Å². The summed E-state index contributed by atoms with van der Waals surface area (Å²) >= 11 is 0. The lowest BCUT2D eigenvalue weighted by atomic mass is 9.72. The summed E-state index contributed by atoms with van der Waals surface area (Å²) in [6.45, 7) is -0.516. The van der Waals surface area contributed by atoms with Gasteiger partial charge in [-0.25, -0.2) is 13.6 Å². The zero-order chi connectivity index (χ0) is 23.4. The molecule has 1 aromatic rings. The normalized spacial score (nSPS) is 16.1. The molecular formula is C17H17BF5NO7. The maximum Gasteiger partial charge on any atom is 0.547 e. The van der Waals surface area contributed by atoms with Crippen molar-refractivity contribution in [2.75, 3.05) is 6.79 Å². The average Bonchev–Trinajstić information content (AvgIpc) is 2.58. The number of carbonyl (C=O) groups is 3. The van der Waals surface area contributed by atoms with Crippen molar-refractivity contribution in [1.29, 1.82) is 0 Å². The summed E-state index contributed by atoms with van der Waals surface area (Å²) in [5, 5.41) is 12.3. The fourth-order valence-electron chi connectivity index (χ4n) is 2.69. The largest absolute Gasteiger partial charge is 0.547 e. The van der Waals surface area contributed by atoms with Crippen LogP contribution < -0.4 is 9.97 Å². The first-order valence-electron chi connectivity index (χ1n) is 8.78. The maximum absolute atomic E-state index is 12.9. The van der Waals surface area contributed by atoms with Gasteiger partial charge in [-0.3, -0.25) is 9.59 Å². The second-order valence-corrected chi connectivity index (χ2v) is 6.79. The molecule has 0 fully saturated rings. The number of esters is 2. The molecular weight excluding hydrogens is 436 g/mol. The second-order valence-electron chi connectivity index (χ2n) is 6.79. The number of halogens is 5. The summed E-state index contributed by atoms with van der Waals surface area (Å²) in [7, 11) is -1.68. The van der Waals surface area contributed by atoms with Crippen molar-refractivity contribution in [2.45, 2.75) is 44.2 Å². The first kappa shape index (κ1) is 24.4. The third kappa shape index (κ3) is 7.70. The van der Waals surface area contributed by atoms with E-state index < -0.39 is 62.6 Å². The lowest BCUT2D eigenvalue weighted by Crippen LogP contribution is -2.53. The Bertz CT molecular complexity index is 843. The van der Waals surface area contributed by atoms with Crippen LogP contribution in [0.25, 0.3) is 0 Å². The molecule has 1 heterocycles. The molecule has 2 N–H and O–H groups in total. The molecule has 0 radical (unpaired) electrons. The third-order valence-corrected chi connectivity index (χ3v) is 3.91. The third-order valence-electron chi connectivity index (χ3n) is 3.91. The first-order chi connectivity index (χ1) is 14.2. The molecule has 0 saturated carbocycles. The van der Waals surface area contributed by atoms with Gasteiger partial charge >= 0.3 is 25.2 Å². The van der Waals surface area contributed by atoms with Crippen molar-refractivity contribution in [3.8, 4) is 5.75 Å². The maximum atomic E-state index is 12.9. The molecule has 1 aliphatic heterocycles. The number of hydrogen-bond acceptors (Lipinski definition) is 7. The van der Waals surface area contributed by atoms with E-state index in [-0.39, 0.29) is 17.7 Å². The molecule has 1 atom stereocenters. The Morgan fingerprint density at radius 3 is 2.48 bits per heavy atom. The highest BCUT2D eigenvalue weighted by Crippen LogP contribution is 2.31. The number of para-hydroxylation sites is 1. The zero-order valence-corrected chi connectivity index (χ0v) is 16.0. The molecule has 31 heavy (non-hydrogen) atoms. The minimum Gasteiger partial charge on any atom is -0.534 e. The van der Waals surface area contributed by atoms with Crippen LogP contribution >= 0.6 is 0 Å². The number of ether oxygens (including phenoxy) is 2. The summed E-state index contributed by atoms with van der Waals surface area (Å²) in [5.74, 6) is -8.22. The van der Waals surface area contributed by atoms with Gasteiger partial charge < -0.3 is 24.5 Å². The highest BCUT2D eigenvalue weighted by atomic mass is 19.4. The molecule has 0 spiro atoms. The lowest BCUT2D eigenvalue weighted by Gasteiger charge is -2.29.